The maximum Gasteiger partial charge on any atom is -0.0151 e. The van der Waals surface area contributed by atoms with Gasteiger partial charge in [-0.2, -0.15) is 0 Å². The van der Waals surface area contributed by atoms with E-state index < -0.39 is 15.8 Å². The van der Waals surface area contributed by atoms with Gasteiger partial charge < -0.3 is 0 Å². The van der Waals surface area contributed by atoms with Crippen LogP contribution in [0.4, 0.5) is 0 Å². The van der Waals surface area contributed by atoms with Crippen LogP contribution in [-0.4, -0.2) is 11.3 Å². The molecule has 4 aromatic carbocycles. The van der Waals surface area contributed by atoms with E-state index in [9.17, 15) is 0 Å². The van der Waals surface area contributed by atoms with Crippen molar-refractivity contribution in [1.82, 2.24) is 0 Å². The topological polar surface area (TPSA) is 0 Å². The number of rotatable bonds is 8. The minimum Gasteiger partial charge on any atom is -0.0622 e. The predicted molar refractivity (Wildman–Crippen MR) is 142 cm³/mol. The van der Waals surface area contributed by atoms with E-state index in [1.807, 2.05) is 0 Å². The zero-order valence-corrected chi connectivity index (χ0v) is 20.1. The predicted octanol–water partition coefficient (Wildman–Crippen LogP) is 6.42. The molecule has 31 heavy (non-hydrogen) atoms. The summed E-state index contributed by atoms with van der Waals surface area (Å²) in [4.78, 5) is 0. The van der Waals surface area contributed by atoms with Gasteiger partial charge in [0.05, 0.1) is 0 Å². The second-order valence-corrected chi connectivity index (χ2v) is 13.3. The average molecular weight is 441 g/mol. The van der Waals surface area contributed by atoms with E-state index in [2.05, 4.69) is 135 Å². The van der Waals surface area contributed by atoms with Crippen molar-refractivity contribution in [1.29, 1.82) is 0 Å². The van der Waals surface area contributed by atoms with Gasteiger partial charge >= 0.3 is 0 Å². The highest BCUT2D eigenvalue weighted by atomic mass is 31.1. The molecule has 0 aliphatic rings. The molecule has 0 nitrogen and oxygen atoms in total. The lowest BCUT2D eigenvalue weighted by atomic mass is 10.3. The van der Waals surface area contributed by atoms with Crippen LogP contribution in [0.3, 0.4) is 0 Å². The molecule has 2 heteroatoms. The fourth-order valence-electron chi connectivity index (χ4n) is 4.37. The van der Waals surface area contributed by atoms with E-state index in [0.717, 1.165) is 0 Å². The van der Waals surface area contributed by atoms with Crippen molar-refractivity contribution in [2.75, 3.05) is 0 Å². The summed E-state index contributed by atoms with van der Waals surface area (Å²) in [6.07, 6.45) is 1.21. The lowest BCUT2D eigenvalue weighted by molar-refractivity contribution is 0.793. The van der Waals surface area contributed by atoms with E-state index in [4.69, 9.17) is 0 Å². The van der Waals surface area contributed by atoms with Gasteiger partial charge in [0.2, 0.25) is 0 Å². The lowest BCUT2D eigenvalue weighted by Gasteiger charge is -2.32. The number of hydrogen-bond acceptors (Lipinski definition) is 0. The molecule has 0 unspecified atom stereocenters. The van der Waals surface area contributed by atoms with Gasteiger partial charge in [-0.25, -0.2) is 0 Å². The molecule has 0 aromatic heterocycles. The summed E-state index contributed by atoms with van der Waals surface area (Å²) in [6.45, 7) is 4.93. The quantitative estimate of drug-likeness (QED) is 0.277. The molecule has 0 heterocycles. The molecule has 0 aliphatic carbocycles. The standard InChI is InChI=1S/C29H30P2/c1-24(30(26-15-7-3-8-16-26)27-17-9-4-10-18-27)23-25(2)31(28-19-11-5-12-20-28)29-21-13-6-14-22-29/h3-22,24-25H,23H2,1-2H3/t24-,25-/m0/s1. The molecule has 0 saturated heterocycles. The first kappa shape index (κ1) is 22.0. The SMILES string of the molecule is C[C@@H](C[C@H](C)P(c1ccccc1)c1ccccc1)P(c1ccccc1)c1ccccc1. The molecule has 0 fully saturated rings. The van der Waals surface area contributed by atoms with Crippen LogP contribution < -0.4 is 21.2 Å². The zero-order valence-electron chi connectivity index (χ0n) is 18.3. The first-order chi connectivity index (χ1) is 15.2. The highest BCUT2D eigenvalue weighted by Crippen LogP contribution is 2.47. The Labute approximate surface area is 189 Å². The Balaban J connectivity index is 1.65. The summed E-state index contributed by atoms with van der Waals surface area (Å²) < 4.78 is 0. The van der Waals surface area contributed by atoms with Crippen LogP contribution in [-0.2, 0) is 0 Å². The molecule has 0 bridgehead atoms. The molecule has 0 aliphatic heterocycles. The van der Waals surface area contributed by atoms with Gasteiger partial charge in [-0.15, -0.1) is 0 Å². The summed E-state index contributed by atoms with van der Waals surface area (Å²) in [7, 11) is -0.794. The fraction of sp³-hybridized carbons (Fsp3) is 0.172. The van der Waals surface area contributed by atoms with Crippen LogP contribution in [0.5, 0.6) is 0 Å². The smallest absolute Gasteiger partial charge is 0.0151 e. The molecule has 0 amide bonds. The first-order valence-corrected chi connectivity index (χ1v) is 13.8. The molecule has 0 saturated carbocycles. The van der Waals surface area contributed by atoms with Crippen LogP contribution in [0, 0.1) is 0 Å². The zero-order chi connectivity index (χ0) is 21.5. The maximum absolute atomic E-state index is 2.46. The van der Waals surface area contributed by atoms with E-state index in [-0.39, 0.29) is 0 Å². The van der Waals surface area contributed by atoms with Gasteiger partial charge in [-0.05, 0) is 54.8 Å². The van der Waals surface area contributed by atoms with Crippen LogP contribution in [0.15, 0.2) is 121 Å². The second-order valence-electron chi connectivity index (χ2n) is 8.02. The van der Waals surface area contributed by atoms with Crippen molar-refractivity contribution in [3.05, 3.63) is 121 Å². The molecular formula is C29H30P2. The number of hydrogen-bond donors (Lipinski definition) is 0. The molecule has 0 spiro atoms. The van der Waals surface area contributed by atoms with E-state index in [1.54, 1.807) is 0 Å². The van der Waals surface area contributed by atoms with Crippen LogP contribution in [0.25, 0.3) is 0 Å². The Kier molecular flexibility index (Phi) is 7.69. The third kappa shape index (κ3) is 5.51. The Morgan fingerprint density at radius 2 is 0.645 bits per heavy atom. The Morgan fingerprint density at radius 1 is 0.419 bits per heavy atom. The largest absolute Gasteiger partial charge is 0.0622 e. The van der Waals surface area contributed by atoms with Crippen molar-refractivity contribution in [3.63, 3.8) is 0 Å². The minimum absolute atomic E-state index is 0.397. The van der Waals surface area contributed by atoms with Gasteiger partial charge in [-0.1, -0.05) is 135 Å². The monoisotopic (exact) mass is 440 g/mol. The molecule has 0 N–H and O–H groups in total. The normalized spacial score (nSPS) is 13.3. The lowest BCUT2D eigenvalue weighted by Crippen LogP contribution is -2.26. The Morgan fingerprint density at radius 3 is 0.871 bits per heavy atom. The number of benzene rings is 4. The molecule has 4 aromatic rings. The van der Waals surface area contributed by atoms with Crippen molar-refractivity contribution < 1.29 is 0 Å². The molecule has 2 atom stereocenters. The summed E-state index contributed by atoms with van der Waals surface area (Å²) in [5.74, 6) is 0. The molecule has 156 valence electrons. The highest BCUT2D eigenvalue weighted by molar-refractivity contribution is 7.74. The average Bonchev–Trinajstić information content (AvgIpc) is 2.82. The summed E-state index contributed by atoms with van der Waals surface area (Å²) in [5.41, 5.74) is 1.21. The second kappa shape index (κ2) is 10.9. The van der Waals surface area contributed by atoms with Gasteiger partial charge in [0, 0.05) is 0 Å². The highest BCUT2D eigenvalue weighted by Gasteiger charge is 2.27. The first-order valence-electron chi connectivity index (χ1n) is 11.0. The van der Waals surface area contributed by atoms with Gasteiger partial charge in [0.1, 0.15) is 0 Å². The van der Waals surface area contributed by atoms with E-state index in [0.29, 0.717) is 11.3 Å². The molecular weight excluding hydrogens is 410 g/mol. The fourth-order valence-corrected chi connectivity index (χ4v) is 10.2. The third-order valence-electron chi connectivity index (χ3n) is 5.70. The summed E-state index contributed by atoms with van der Waals surface area (Å²) >= 11 is 0. The molecule has 0 radical (unpaired) electrons. The van der Waals surface area contributed by atoms with E-state index in [1.165, 1.54) is 27.6 Å². The van der Waals surface area contributed by atoms with Gasteiger partial charge in [-0.3, -0.25) is 0 Å². The van der Waals surface area contributed by atoms with Crippen molar-refractivity contribution in [2.24, 2.45) is 0 Å². The van der Waals surface area contributed by atoms with Crippen molar-refractivity contribution in [3.8, 4) is 0 Å². The molecule has 4 rings (SSSR count). The Hall–Kier alpha value is -2.26. The van der Waals surface area contributed by atoms with Crippen LogP contribution in [0.2, 0.25) is 0 Å². The van der Waals surface area contributed by atoms with Crippen molar-refractivity contribution >= 4 is 37.1 Å². The van der Waals surface area contributed by atoms with Crippen LogP contribution in [0.1, 0.15) is 20.3 Å². The van der Waals surface area contributed by atoms with Gasteiger partial charge in [0.25, 0.3) is 0 Å². The third-order valence-corrected chi connectivity index (χ3v) is 11.3. The van der Waals surface area contributed by atoms with Crippen molar-refractivity contribution in [2.45, 2.75) is 31.6 Å². The van der Waals surface area contributed by atoms with Gasteiger partial charge in [0.15, 0.2) is 0 Å². The Bertz CT molecular complexity index is 867. The van der Waals surface area contributed by atoms with Crippen LogP contribution >= 0.6 is 15.8 Å². The maximum atomic E-state index is 2.46. The summed E-state index contributed by atoms with van der Waals surface area (Å²) in [6, 6.07) is 44.5. The summed E-state index contributed by atoms with van der Waals surface area (Å²) in [5, 5.41) is 5.92. The van der Waals surface area contributed by atoms with E-state index >= 15 is 0 Å². The minimum atomic E-state index is -0.397.